The van der Waals surface area contributed by atoms with E-state index in [-0.39, 0.29) is 18.4 Å². The maximum atomic E-state index is 12.2. The number of hydrogen-bond donors (Lipinski definition) is 3. The zero-order chi connectivity index (χ0) is 21.9. The highest BCUT2D eigenvalue weighted by Gasteiger charge is 2.04. The zero-order valence-electron chi connectivity index (χ0n) is 17.3. The number of amides is 2. The number of rotatable bonds is 10. The van der Waals surface area contributed by atoms with Gasteiger partial charge in [0.05, 0.1) is 6.54 Å². The summed E-state index contributed by atoms with van der Waals surface area (Å²) in [6, 6.07) is 23.9. The molecule has 0 aliphatic carbocycles. The molecule has 0 saturated carbocycles. The Morgan fingerprint density at radius 2 is 1.32 bits per heavy atom. The number of carbonyl (C=O) groups excluding carboxylic acids is 2. The van der Waals surface area contributed by atoms with E-state index in [1.165, 1.54) is 6.92 Å². The Hall–Kier alpha value is -4.00. The first-order chi connectivity index (χ1) is 15.1. The van der Waals surface area contributed by atoms with E-state index in [0.717, 1.165) is 17.2 Å². The van der Waals surface area contributed by atoms with Crippen LogP contribution in [-0.2, 0) is 9.59 Å². The lowest BCUT2D eigenvalue weighted by Gasteiger charge is -2.11. The molecule has 2 amide bonds. The van der Waals surface area contributed by atoms with E-state index >= 15 is 0 Å². The maximum Gasteiger partial charge on any atom is 0.243 e. The minimum atomic E-state index is -0.196. The van der Waals surface area contributed by atoms with E-state index in [1.54, 1.807) is 24.3 Å². The van der Waals surface area contributed by atoms with Gasteiger partial charge < -0.3 is 25.4 Å². The molecule has 0 saturated heterocycles. The van der Waals surface area contributed by atoms with Gasteiger partial charge >= 0.3 is 0 Å². The molecule has 0 heterocycles. The van der Waals surface area contributed by atoms with Gasteiger partial charge in [-0.1, -0.05) is 24.3 Å². The summed E-state index contributed by atoms with van der Waals surface area (Å²) in [4.78, 5) is 23.3. The molecule has 7 heteroatoms. The molecule has 0 aromatic heterocycles. The molecular formula is C24H25N3O4. The Kier molecular flexibility index (Phi) is 7.88. The lowest BCUT2D eigenvalue weighted by molar-refractivity contribution is -0.115. The number of benzene rings is 3. The number of hydrogen-bond acceptors (Lipinski definition) is 5. The molecule has 0 bridgehead atoms. The normalized spacial score (nSPS) is 10.1. The van der Waals surface area contributed by atoms with Crippen LogP contribution in [0.3, 0.4) is 0 Å². The van der Waals surface area contributed by atoms with Crippen molar-refractivity contribution in [3.05, 3.63) is 78.9 Å². The van der Waals surface area contributed by atoms with Gasteiger partial charge in [0, 0.05) is 24.0 Å². The Morgan fingerprint density at radius 1 is 0.710 bits per heavy atom. The van der Waals surface area contributed by atoms with Crippen LogP contribution in [-0.4, -0.2) is 31.6 Å². The van der Waals surface area contributed by atoms with Gasteiger partial charge in [0.25, 0.3) is 0 Å². The summed E-state index contributed by atoms with van der Waals surface area (Å²) >= 11 is 0. The monoisotopic (exact) mass is 419 g/mol. The third-order valence-electron chi connectivity index (χ3n) is 4.14. The van der Waals surface area contributed by atoms with Crippen molar-refractivity contribution in [3.63, 3.8) is 0 Å². The topological polar surface area (TPSA) is 88.7 Å². The molecule has 3 N–H and O–H groups in total. The summed E-state index contributed by atoms with van der Waals surface area (Å²) in [6.45, 7) is 2.43. The number of nitrogens with one attached hydrogen (secondary N) is 3. The van der Waals surface area contributed by atoms with Crippen LogP contribution in [0.1, 0.15) is 6.92 Å². The highest BCUT2D eigenvalue weighted by Crippen LogP contribution is 2.17. The van der Waals surface area contributed by atoms with Gasteiger partial charge in [-0.05, 0) is 54.6 Å². The summed E-state index contributed by atoms with van der Waals surface area (Å²) in [7, 11) is 0. The zero-order valence-corrected chi connectivity index (χ0v) is 17.3. The van der Waals surface area contributed by atoms with E-state index in [2.05, 4.69) is 16.0 Å². The van der Waals surface area contributed by atoms with Crippen LogP contribution in [0, 0.1) is 0 Å². The van der Waals surface area contributed by atoms with Crippen LogP contribution in [0.4, 0.5) is 17.1 Å². The third-order valence-corrected chi connectivity index (χ3v) is 4.14. The average Bonchev–Trinajstić information content (AvgIpc) is 2.77. The van der Waals surface area contributed by atoms with Crippen molar-refractivity contribution >= 4 is 28.9 Å². The summed E-state index contributed by atoms with van der Waals surface area (Å²) in [5, 5.41) is 8.54. The Labute approximate surface area is 181 Å². The minimum absolute atomic E-state index is 0.107. The maximum absolute atomic E-state index is 12.2. The van der Waals surface area contributed by atoms with Crippen LogP contribution < -0.4 is 25.4 Å². The van der Waals surface area contributed by atoms with E-state index in [4.69, 9.17) is 9.47 Å². The number of anilines is 3. The molecule has 3 rings (SSSR count). The Bertz CT molecular complexity index is 991. The molecule has 0 aliphatic rings. The molecular weight excluding hydrogens is 394 g/mol. The van der Waals surface area contributed by atoms with E-state index in [9.17, 15) is 9.59 Å². The Balaban J connectivity index is 1.38. The molecule has 0 spiro atoms. The Morgan fingerprint density at radius 3 is 1.97 bits per heavy atom. The van der Waals surface area contributed by atoms with Crippen molar-refractivity contribution in [1.29, 1.82) is 0 Å². The van der Waals surface area contributed by atoms with Gasteiger partial charge in [0.2, 0.25) is 11.8 Å². The van der Waals surface area contributed by atoms with Gasteiger partial charge in [-0.2, -0.15) is 0 Å². The van der Waals surface area contributed by atoms with Crippen molar-refractivity contribution in [3.8, 4) is 11.5 Å². The van der Waals surface area contributed by atoms with Gasteiger partial charge in [0.15, 0.2) is 0 Å². The van der Waals surface area contributed by atoms with Crippen LogP contribution in [0.25, 0.3) is 0 Å². The number of carbonyl (C=O) groups is 2. The van der Waals surface area contributed by atoms with Crippen LogP contribution in [0.2, 0.25) is 0 Å². The van der Waals surface area contributed by atoms with Crippen LogP contribution in [0.5, 0.6) is 11.5 Å². The van der Waals surface area contributed by atoms with Crippen molar-refractivity contribution in [2.75, 3.05) is 35.7 Å². The van der Waals surface area contributed by atoms with E-state index in [1.807, 2.05) is 54.6 Å². The molecule has 3 aromatic carbocycles. The summed E-state index contributed by atoms with van der Waals surface area (Å²) in [6.07, 6.45) is 0. The summed E-state index contributed by atoms with van der Waals surface area (Å²) in [5.41, 5.74) is 2.04. The van der Waals surface area contributed by atoms with E-state index in [0.29, 0.717) is 24.6 Å². The fourth-order valence-electron chi connectivity index (χ4n) is 2.77. The van der Waals surface area contributed by atoms with Crippen molar-refractivity contribution in [1.82, 2.24) is 0 Å². The van der Waals surface area contributed by atoms with Crippen molar-refractivity contribution in [2.45, 2.75) is 6.92 Å². The highest BCUT2D eigenvalue weighted by atomic mass is 16.5. The molecule has 0 unspecified atom stereocenters. The molecule has 31 heavy (non-hydrogen) atoms. The van der Waals surface area contributed by atoms with Gasteiger partial charge in [-0.3, -0.25) is 9.59 Å². The average molecular weight is 419 g/mol. The molecule has 0 radical (unpaired) electrons. The fraction of sp³-hybridized carbons (Fsp3) is 0.167. The second kappa shape index (κ2) is 11.3. The predicted octanol–water partition coefficient (Wildman–Crippen LogP) is 4.15. The smallest absolute Gasteiger partial charge is 0.243 e. The lowest BCUT2D eigenvalue weighted by Crippen LogP contribution is -2.21. The van der Waals surface area contributed by atoms with E-state index < -0.39 is 0 Å². The second-order valence-electron chi connectivity index (χ2n) is 6.70. The minimum Gasteiger partial charge on any atom is -0.490 e. The quantitative estimate of drug-likeness (QED) is 0.430. The largest absolute Gasteiger partial charge is 0.490 e. The first-order valence-electron chi connectivity index (χ1n) is 9.90. The first kappa shape index (κ1) is 21.7. The fourth-order valence-corrected chi connectivity index (χ4v) is 2.77. The van der Waals surface area contributed by atoms with Gasteiger partial charge in [-0.25, -0.2) is 0 Å². The summed E-state index contributed by atoms with van der Waals surface area (Å²) in [5.74, 6) is 1.17. The molecule has 7 nitrogen and oxygen atoms in total. The molecule has 0 aliphatic heterocycles. The van der Waals surface area contributed by atoms with Crippen molar-refractivity contribution < 1.29 is 19.1 Å². The first-order valence-corrected chi connectivity index (χ1v) is 9.90. The molecule has 160 valence electrons. The number of ether oxygens (including phenoxy) is 2. The van der Waals surface area contributed by atoms with Crippen molar-refractivity contribution in [2.24, 2.45) is 0 Å². The lowest BCUT2D eigenvalue weighted by atomic mass is 10.2. The summed E-state index contributed by atoms with van der Waals surface area (Å²) < 4.78 is 11.3. The molecule has 0 fully saturated rings. The standard InChI is InChI=1S/C24H25N3O4/c1-18(28)26-20-6-5-7-21(16-20)27-24(29)17-25-19-10-12-23(13-11-19)31-15-14-30-22-8-3-2-4-9-22/h2-13,16,25H,14-15,17H2,1H3,(H,26,28)(H,27,29). The predicted molar refractivity (Wildman–Crippen MR) is 122 cm³/mol. The molecule has 3 aromatic rings. The SMILES string of the molecule is CC(=O)Nc1cccc(NC(=O)CNc2ccc(OCCOc3ccccc3)cc2)c1. The van der Waals surface area contributed by atoms with Gasteiger partial charge in [-0.15, -0.1) is 0 Å². The highest BCUT2D eigenvalue weighted by molar-refractivity contribution is 5.95. The third kappa shape index (κ3) is 7.74. The second-order valence-corrected chi connectivity index (χ2v) is 6.70. The van der Waals surface area contributed by atoms with Crippen LogP contribution in [0.15, 0.2) is 78.9 Å². The number of para-hydroxylation sites is 1. The van der Waals surface area contributed by atoms with Gasteiger partial charge in [0.1, 0.15) is 24.7 Å². The van der Waals surface area contributed by atoms with Crippen LogP contribution >= 0.6 is 0 Å². The molecule has 0 atom stereocenters.